The number of rotatable bonds is 8. The third kappa shape index (κ3) is 3.87. The fourth-order valence-corrected chi connectivity index (χ4v) is 1.95. The molecule has 0 radical (unpaired) electrons. The monoisotopic (exact) mass is 279 g/mol. The van der Waals surface area contributed by atoms with Crippen molar-refractivity contribution in [2.75, 3.05) is 13.7 Å². The van der Waals surface area contributed by atoms with E-state index in [0.29, 0.717) is 17.5 Å². The maximum absolute atomic E-state index is 11.2. The van der Waals surface area contributed by atoms with Crippen LogP contribution in [0.1, 0.15) is 25.3 Å². The van der Waals surface area contributed by atoms with Crippen LogP contribution in [0, 0.1) is 0 Å². The highest BCUT2D eigenvalue weighted by molar-refractivity contribution is 5.73. The lowest BCUT2D eigenvalue weighted by Gasteiger charge is -2.17. The Morgan fingerprint density at radius 2 is 2.20 bits per heavy atom. The van der Waals surface area contributed by atoms with Gasteiger partial charge in [0, 0.05) is 6.04 Å². The molecule has 2 rings (SSSR count). The highest BCUT2D eigenvalue weighted by Gasteiger charge is 2.28. The summed E-state index contributed by atoms with van der Waals surface area (Å²) in [6, 6.07) is 5.34. The summed E-state index contributed by atoms with van der Waals surface area (Å²) in [4.78, 5) is 11.2. The molecule has 1 aliphatic rings. The largest absolute Gasteiger partial charge is 0.493 e. The van der Waals surface area contributed by atoms with Crippen molar-refractivity contribution in [1.29, 1.82) is 0 Å². The summed E-state index contributed by atoms with van der Waals surface area (Å²) in [5.41, 5.74) is 1.15. The molecule has 1 fully saturated rings. The first-order valence-electron chi connectivity index (χ1n) is 6.92. The van der Waals surface area contributed by atoms with Crippen molar-refractivity contribution < 1.29 is 19.4 Å². The van der Waals surface area contributed by atoms with Crippen molar-refractivity contribution in [3.63, 3.8) is 0 Å². The molecule has 1 unspecified atom stereocenters. The SMILES string of the molecule is CCc1ccc(OCC(NC2CC2)C(=O)O)c(OC)c1. The van der Waals surface area contributed by atoms with E-state index in [1.54, 1.807) is 7.11 Å². The number of hydrogen-bond acceptors (Lipinski definition) is 4. The van der Waals surface area contributed by atoms with Gasteiger partial charge in [-0.25, -0.2) is 0 Å². The Morgan fingerprint density at radius 1 is 1.45 bits per heavy atom. The molecule has 1 aliphatic carbocycles. The minimum absolute atomic E-state index is 0.0909. The van der Waals surface area contributed by atoms with Gasteiger partial charge in [0.1, 0.15) is 12.6 Å². The van der Waals surface area contributed by atoms with Crippen LogP contribution in [0.15, 0.2) is 18.2 Å². The maximum Gasteiger partial charge on any atom is 0.324 e. The molecule has 0 amide bonds. The van der Waals surface area contributed by atoms with Crippen LogP contribution in [0.3, 0.4) is 0 Å². The summed E-state index contributed by atoms with van der Waals surface area (Å²) in [7, 11) is 1.58. The highest BCUT2D eigenvalue weighted by Crippen LogP contribution is 2.28. The van der Waals surface area contributed by atoms with Crippen molar-refractivity contribution in [1.82, 2.24) is 5.32 Å². The topological polar surface area (TPSA) is 67.8 Å². The Bertz CT molecular complexity index is 471. The maximum atomic E-state index is 11.2. The highest BCUT2D eigenvalue weighted by atomic mass is 16.5. The van der Waals surface area contributed by atoms with Gasteiger partial charge >= 0.3 is 5.97 Å². The number of benzene rings is 1. The fourth-order valence-electron chi connectivity index (χ4n) is 1.95. The first-order valence-corrected chi connectivity index (χ1v) is 6.92. The Hall–Kier alpha value is -1.75. The molecule has 0 heterocycles. The number of hydrogen-bond donors (Lipinski definition) is 2. The van der Waals surface area contributed by atoms with Gasteiger partial charge < -0.3 is 14.6 Å². The molecule has 110 valence electrons. The predicted octanol–water partition coefficient (Wildman–Crippen LogP) is 1.84. The molecule has 0 aliphatic heterocycles. The second-order valence-corrected chi connectivity index (χ2v) is 4.98. The summed E-state index contributed by atoms with van der Waals surface area (Å²) >= 11 is 0. The molecule has 0 saturated heterocycles. The molecule has 1 aromatic carbocycles. The molecule has 5 heteroatoms. The molecule has 1 aromatic rings. The summed E-state index contributed by atoms with van der Waals surface area (Å²) in [6.07, 6.45) is 2.99. The molecule has 2 N–H and O–H groups in total. The van der Waals surface area contributed by atoms with Crippen molar-refractivity contribution >= 4 is 5.97 Å². The van der Waals surface area contributed by atoms with Gasteiger partial charge in [0.15, 0.2) is 11.5 Å². The van der Waals surface area contributed by atoms with Gasteiger partial charge in [-0.3, -0.25) is 10.1 Å². The predicted molar refractivity (Wildman–Crippen MR) is 75.4 cm³/mol. The second kappa shape index (κ2) is 6.61. The van der Waals surface area contributed by atoms with Crippen LogP contribution in [0.2, 0.25) is 0 Å². The normalized spacial score (nSPS) is 15.7. The van der Waals surface area contributed by atoms with E-state index in [-0.39, 0.29) is 6.61 Å². The number of aryl methyl sites for hydroxylation is 1. The van der Waals surface area contributed by atoms with Gasteiger partial charge in [0.05, 0.1) is 7.11 Å². The van der Waals surface area contributed by atoms with Crippen LogP contribution in [0.25, 0.3) is 0 Å². The minimum atomic E-state index is -0.888. The standard InChI is InChI=1S/C15H21NO4/c1-3-10-4-7-13(14(8-10)19-2)20-9-12(15(17)18)16-11-5-6-11/h4,7-8,11-12,16H,3,5-6,9H2,1-2H3,(H,17,18). The zero-order valence-corrected chi connectivity index (χ0v) is 11.9. The van der Waals surface area contributed by atoms with E-state index in [4.69, 9.17) is 14.6 Å². The number of carboxylic acid groups (broad SMARTS) is 1. The summed E-state index contributed by atoms with van der Waals surface area (Å²) in [6.45, 7) is 2.16. The average molecular weight is 279 g/mol. The summed E-state index contributed by atoms with van der Waals surface area (Å²) < 4.78 is 10.9. The first-order chi connectivity index (χ1) is 9.63. The molecule has 1 saturated carbocycles. The van der Waals surface area contributed by atoms with Gasteiger partial charge in [-0.1, -0.05) is 13.0 Å². The van der Waals surface area contributed by atoms with Crippen LogP contribution in [-0.4, -0.2) is 36.9 Å². The number of methoxy groups -OCH3 is 1. The van der Waals surface area contributed by atoms with Crippen LogP contribution < -0.4 is 14.8 Å². The second-order valence-electron chi connectivity index (χ2n) is 4.98. The Labute approximate surface area is 118 Å². The molecular weight excluding hydrogens is 258 g/mol. The van der Waals surface area contributed by atoms with Crippen molar-refractivity contribution in [3.8, 4) is 11.5 Å². The number of nitrogens with one attached hydrogen (secondary N) is 1. The summed E-state index contributed by atoms with van der Waals surface area (Å²) in [5, 5.41) is 12.2. The zero-order valence-electron chi connectivity index (χ0n) is 11.9. The number of carbonyl (C=O) groups is 1. The van der Waals surface area contributed by atoms with Crippen molar-refractivity contribution in [3.05, 3.63) is 23.8 Å². The van der Waals surface area contributed by atoms with Gasteiger partial charge in [-0.15, -0.1) is 0 Å². The van der Waals surface area contributed by atoms with E-state index in [1.807, 2.05) is 18.2 Å². The molecule has 0 aromatic heterocycles. The van der Waals surface area contributed by atoms with Crippen LogP contribution in [0.5, 0.6) is 11.5 Å². The molecular formula is C15H21NO4. The van der Waals surface area contributed by atoms with Gasteiger partial charge in [-0.2, -0.15) is 0 Å². The third-order valence-corrected chi connectivity index (χ3v) is 3.35. The third-order valence-electron chi connectivity index (χ3n) is 3.35. The lowest BCUT2D eigenvalue weighted by atomic mass is 10.1. The summed E-state index contributed by atoms with van der Waals surface area (Å²) in [5.74, 6) is 0.328. The smallest absolute Gasteiger partial charge is 0.324 e. The Kier molecular flexibility index (Phi) is 4.84. The van der Waals surface area contributed by atoms with E-state index in [9.17, 15) is 4.79 Å². The fraction of sp³-hybridized carbons (Fsp3) is 0.533. The van der Waals surface area contributed by atoms with Gasteiger partial charge in [-0.05, 0) is 37.0 Å². The van der Waals surface area contributed by atoms with Crippen molar-refractivity contribution in [2.24, 2.45) is 0 Å². The average Bonchev–Trinajstić information content (AvgIpc) is 3.26. The van der Waals surface area contributed by atoms with Crippen molar-refractivity contribution in [2.45, 2.75) is 38.3 Å². The van der Waals surface area contributed by atoms with Gasteiger partial charge in [0.2, 0.25) is 0 Å². The van der Waals surface area contributed by atoms with E-state index in [2.05, 4.69) is 12.2 Å². The number of aliphatic carboxylic acids is 1. The Balaban J connectivity index is 1.99. The van der Waals surface area contributed by atoms with E-state index < -0.39 is 12.0 Å². The molecule has 20 heavy (non-hydrogen) atoms. The van der Waals surface area contributed by atoms with E-state index in [0.717, 1.165) is 24.8 Å². The molecule has 0 bridgehead atoms. The Morgan fingerprint density at radius 3 is 2.75 bits per heavy atom. The van der Waals surface area contributed by atoms with Gasteiger partial charge in [0.25, 0.3) is 0 Å². The number of ether oxygens (including phenoxy) is 2. The first kappa shape index (κ1) is 14.7. The zero-order chi connectivity index (χ0) is 14.5. The minimum Gasteiger partial charge on any atom is -0.493 e. The molecule has 1 atom stereocenters. The lowest BCUT2D eigenvalue weighted by Crippen LogP contribution is -2.42. The van der Waals surface area contributed by atoms with E-state index >= 15 is 0 Å². The quantitative estimate of drug-likeness (QED) is 0.760. The molecule has 0 spiro atoms. The van der Waals surface area contributed by atoms with E-state index in [1.165, 1.54) is 0 Å². The lowest BCUT2D eigenvalue weighted by molar-refractivity contribution is -0.140. The van der Waals surface area contributed by atoms with Crippen LogP contribution in [-0.2, 0) is 11.2 Å². The molecule has 5 nitrogen and oxygen atoms in total. The van der Waals surface area contributed by atoms with Crippen LogP contribution in [0.4, 0.5) is 0 Å². The number of carboxylic acids is 1. The van der Waals surface area contributed by atoms with Crippen LogP contribution >= 0.6 is 0 Å².